The predicted molar refractivity (Wildman–Crippen MR) is 66.0 cm³/mol. The maximum absolute atomic E-state index is 9.52. The molecule has 1 atom stereocenters. The van der Waals surface area contributed by atoms with Crippen LogP contribution in [0.2, 0.25) is 0 Å². The molecule has 3 rings (SSSR count). The second kappa shape index (κ2) is 3.92. The Bertz CT molecular complexity index is 506. The number of rotatable bonds is 1. The van der Waals surface area contributed by atoms with Crippen LogP contribution in [-0.2, 0) is 6.42 Å². The Balaban J connectivity index is 2.04. The first kappa shape index (κ1) is 9.87. The molecule has 1 aliphatic heterocycles. The minimum Gasteiger partial charge on any atom is -0.508 e. The van der Waals surface area contributed by atoms with Crippen molar-refractivity contribution in [2.24, 2.45) is 0 Å². The lowest BCUT2D eigenvalue weighted by atomic mass is 9.97. The third kappa shape index (κ3) is 1.62. The zero-order valence-corrected chi connectivity index (χ0v) is 9.63. The molecule has 0 fully saturated rings. The van der Waals surface area contributed by atoms with E-state index in [-0.39, 0.29) is 6.04 Å². The van der Waals surface area contributed by atoms with E-state index in [0.29, 0.717) is 5.75 Å². The van der Waals surface area contributed by atoms with Crippen molar-refractivity contribution in [3.63, 3.8) is 0 Å². The summed E-state index contributed by atoms with van der Waals surface area (Å²) in [4.78, 5) is 1.39. The van der Waals surface area contributed by atoms with Crippen LogP contribution in [0, 0.1) is 0 Å². The zero-order valence-electron chi connectivity index (χ0n) is 8.81. The number of nitrogens with one attached hydrogen (secondary N) is 1. The Labute approximate surface area is 98.6 Å². The molecule has 1 aromatic heterocycles. The molecule has 0 bridgehead atoms. The molecule has 0 spiro atoms. The first-order valence-electron chi connectivity index (χ1n) is 5.43. The summed E-state index contributed by atoms with van der Waals surface area (Å²) >= 11 is 1.79. The van der Waals surface area contributed by atoms with E-state index < -0.39 is 0 Å². The van der Waals surface area contributed by atoms with Gasteiger partial charge in [-0.25, -0.2) is 0 Å². The van der Waals surface area contributed by atoms with Crippen molar-refractivity contribution >= 4 is 11.3 Å². The molecule has 82 valence electrons. The van der Waals surface area contributed by atoms with Gasteiger partial charge >= 0.3 is 0 Å². The molecule has 0 aliphatic carbocycles. The zero-order chi connectivity index (χ0) is 11.0. The lowest BCUT2D eigenvalue weighted by Crippen LogP contribution is -2.29. The van der Waals surface area contributed by atoms with Crippen molar-refractivity contribution in [3.05, 3.63) is 51.7 Å². The molecule has 1 aliphatic rings. The summed E-state index contributed by atoms with van der Waals surface area (Å²) in [6.07, 6.45) is 1.11. The van der Waals surface area contributed by atoms with E-state index in [1.807, 2.05) is 12.1 Å². The van der Waals surface area contributed by atoms with Crippen LogP contribution in [0.15, 0.2) is 35.7 Å². The predicted octanol–water partition coefficient (Wildman–Crippen LogP) is 2.69. The average molecular weight is 231 g/mol. The van der Waals surface area contributed by atoms with Gasteiger partial charge in [0.15, 0.2) is 0 Å². The van der Waals surface area contributed by atoms with Gasteiger partial charge in [-0.3, -0.25) is 0 Å². The summed E-state index contributed by atoms with van der Waals surface area (Å²) < 4.78 is 0. The van der Waals surface area contributed by atoms with E-state index in [1.54, 1.807) is 17.4 Å². The fourth-order valence-electron chi connectivity index (χ4n) is 2.22. The summed E-state index contributed by atoms with van der Waals surface area (Å²) in [5.74, 6) is 0.336. The number of fused-ring (bicyclic) bond motifs is 1. The van der Waals surface area contributed by atoms with Gasteiger partial charge in [0.2, 0.25) is 0 Å². The van der Waals surface area contributed by atoms with Crippen LogP contribution in [0.25, 0.3) is 0 Å². The number of thiophene rings is 1. The molecule has 2 aromatic rings. The molecular formula is C13H13NOS. The minimum absolute atomic E-state index is 0.246. The van der Waals surface area contributed by atoms with E-state index in [1.165, 1.54) is 10.4 Å². The van der Waals surface area contributed by atoms with Gasteiger partial charge in [0, 0.05) is 11.4 Å². The number of hydrogen-bond acceptors (Lipinski definition) is 3. The number of hydrogen-bond donors (Lipinski definition) is 2. The lowest BCUT2D eigenvalue weighted by molar-refractivity contribution is 0.472. The lowest BCUT2D eigenvalue weighted by Gasteiger charge is -2.24. The van der Waals surface area contributed by atoms with Crippen molar-refractivity contribution < 1.29 is 5.11 Å². The Morgan fingerprint density at radius 2 is 2.25 bits per heavy atom. The summed E-state index contributed by atoms with van der Waals surface area (Å²) in [6, 6.07) is 9.96. The monoisotopic (exact) mass is 231 g/mol. The van der Waals surface area contributed by atoms with Gasteiger partial charge in [-0.15, -0.1) is 11.3 Å². The molecule has 3 heteroatoms. The Kier molecular flexibility index (Phi) is 2.42. The Morgan fingerprint density at radius 1 is 1.31 bits per heavy atom. The summed E-state index contributed by atoms with van der Waals surface area (Å²) in [6.45, 7) is 1.00. The highest BCUT2D eigenvalue weighted by Gasteiger charge is 2.22. The maximum Gasteiger partial charge on any atom is 0.115 e. The SMILES string of the molecule is Oc1cccc(C2NCCc3ccsc32)c1. The van der Waals surface area contributed by atoms with Crippen LogP contribution >= 0.6 is 11.3 Å². The fourth-order valence-corrected chi connectivity index (χ4v) is 3.28. The van der Waals surface area contributed by atoms with Crippen molar-refractivity contribution in [3.8, 4) is 5.75 Å². The molecular weight excluding hydrogens is 218 g/mol. The molecule has 0 radical (unpaired) electrons. The first-order valence-corrected chi connectivity index (χ1v) is 6.31. The van der Waals surface area contributed by atoms with Gasteiger partial charge in [0.25, 0.3) is 0 Å². The van der Waals surface area contributed by atoms with E-state index in [0.717, 1.165) is 18.5 Å². The minimum atomic E-state index is 0.246. The maximum atomic E-state index is 9.52. The van der Waals surface area contributed by atoms with Gasteiger partial charge in [-0.1, -0.05) is 12.1 Å². The van der Waals surface area contributed by atoms with Gasteiger partial charge in [0.1, 0.15) is 5.75 Å². The smallest absolute Gasteiger partial charge is 0.115 e. The van der Waals surface area contributed by atoms with Crippen LogP contribution in [-0.4, -0.2) is 11.7 Å². The van der Waals surface area contributed by atoms with Crippen LogP contribution < -0.4 is 5.32 Å². The Hall–Kier alpha value is -1.32. The number of phenolic OH excluding ortho intramolecular Hbond substituents is 1. The number of phenols is 1. The third-order valence-corrected chi connectivity index (χ3v) is 4.01. The first-order chi connectivity index (χ1) is 7.84. The van der Waals surface area contributed by atoms with E-state index in [4.69, 9.17) is 0 Å². The largest absolute Gasteiger partial charge is 0.508 e. The van der Waals surface area contributed by atoms with E-state index in [9.17, 15) is 5.11 Å². The van der Waals surface area contributed by atoms with Gasteiger partial charge < -0.3 is 10.4 Å². The summed E-state index contributed by atoms with van der Waals surface area (Å²) in [7, 11) is 0. The molecule has 0 saturated carbocycles. The molecule has 1 unspecified atom stereocenters. The second-order valence-electron chi connectivity index (χ2n) is 4.04. The van der Waals surface area contributed by atoms with Crippen LogP contribution in [0.3, 0.4) is 0 Å². The highest BCUT2D eigenvalue weighted by Crippen LogP contribution is 2.33. The normalized spacial score (nSPS) is 19.4. The molecule has 0 amide bonds. The van der Waals surface area contributed by atoms with Crippen molar-refractivity contribution in [2.75, 3.05) is 6.54 Å². The average Bonchev–Trinajstić information content (AvgIpc) is 2.76. The van der Waals surface area contributed by atoms with Crippen molar-refractivity contribution in [1.29, 1.82) is 0 Å². The fraction of sp³-hybridized carbons (Fsp3) is 0.231. The highest BCUT2D eigenvalue weighted by molar-refractivity contribution is 7.10. The topological polar surface area (TPSA) is 32.3 Å². The highest BCUT2D eigenvalue weighted by atomic mass is 32.1. The van der Waals surface area contributed by atoms with Crippen LogP contribution in [0.1, 0.15) is 22.0 Å². The van der Waals surface area contributed by atoms with E-state index in [2.05, 4.69) is 22.8 Å². The summed E-state index contributed by atoms with van der Waals surface area (Å²) in [5, 5.41) is 15.2. The number of aromatic hydroxyl groups is 1. The van der Waals surface area contributed by atoms with Gasteiger partial charge in [-0.05, 0) is 41.1 Å². The second-order valence-corrected chi connectivity index (χ2v) is 4.99. The molecule has 16 heavy (non-hydrogen) atoms. The van der Waals surface area contributed by atoms with Gasteiger partial charge in [-0.2, -0.15) is 0 Å². The van der Waals surface area contributed by atoms with E-state index >= 15 is 0 Å². The van der Waals surface area contributed by atoms with Crippen molar-refractivity contribution in [1.82, 2.24) is 5.32 Å². The quantitative estimate of drug-likeness (QED) is 0.791. The van der Waals surface area contributed by atoms with Crippen LogP contribution in [0.4, 0.5) is 0 Å². The standard InChI is InChI=1S/C13H13NOS/c15-11-3-1-2-10(8-11)12-13-9(4-6-14-12)5-7-16-13/h1-3,5,7-8,12,14-15H,4,6H2. The molecule has 1 aromatic carbocycles. The molecule has 0 saturated heterocycles. The number of benzene rings is 1. The Morgan fingerprint density at radius 3 is 3.12 bits per heavy atom. The molecule has 2 heterocycles. The molecule has 2 N–H and O–H groups in total. The van der Waals surface area contributed by atoms with Crippen molar-refractivity contribution in [2.45, 2.75) is 12.5 Å². The van der Waals surface area contributed by atoms with Gasteiger partial charge in [0.05, 0.1) is 6.04 Å². The van der Waals surface area contributed by atoms with Crippen LogP contribution in [0.5, 0.6) is 5.75 Å². The molecule has 2 nitrogen and oxygen atoms in total. The summed E-state index contributed by atoms with van der Waals surface area (Å²) in [5.41, 5.74) is 2.58. The third-order valence-electron chi connectivity index (χ3n) is 2.99.